The molecule has 126 valence electrons. The van der Waals surface area contributed by atoms with E-state index in [0.29, 0.717) is 18.4 Å². The van der Waals surface area contributed by atoms with Gasteiger partial charge in [0, 0.05) is 6.08 Å². The van der Waals surface area contributed by atoms with Crippen LogP contribution >= 0.6 is 11.6 Å². The number of hydrogen-bond acceptors (Lipinski definition) is 4. The number of carbonyl (C=O) groups excluding carboxylic acids is 2. The Labute approximate surface area is 144 Å². The Hall–Kier alpha value is -2.39. The maximum absolute atomic E-state index is 13.0. The first-order valence-corrected chi connectivity index (χ1v) is 7.84. The van der Waals surface area contributed by atoms with Gasteiger partial charge >= 0.3 is 5.97 Å². The van der Waals surface area contributed by atoms with Crippen LogP contribution in [0.4, 0.5) is 4.39 Å². The third-order valence-corrected chi connectivity index (χ3v) is 4.04. The van der Waals surface area contributed by atoms with Crippen LogP contribution in [0.1, 0.15) is 31.2 Å². The molecule has 1 amide bonds. The zero-order valence-electron chi connectivity index (χ0n) is 12.9. The van der Waals surface area contributed by atoms with E-state index in [9.17, 15) is 19.2 Å². The summed E-state index contributed by atoms with van der Waals surface area (Å²) in [4.78, 5) is 23.4. The van der Waals surface area contributed by atoms with Crippen molar-refractivity contribution in [2.24, 2.45) is 0 Å². The van der Waals surface area contributed by atoms with E-state index >= 15 is 0 Å². The van der Waals surface area contributed by atoms with Gasteiger partial charge in [-0.05, 0) is 49.5 Å². The number of amides is 1. The zero-order valence-corrected chi connectivity index (χ0v) is 13.6. The fourth-order valence-electron chi connectivity index (χ4n) is 2.51. The quantitative estimate of drug-likeness (QED) is 0.654. The number of nitriles is 1. The molecule has 2 rings (SSSR count). The molecular formula is C17H16ClFN2O3. The van der Waals surface area contributed by atoms with Crippen LogP contribution in [0.5, 0.6) is 0 Å². The van der Waals surface area contributed by atoms with E-state index in [0.717, 1.165) is 18.9 Å². The number of rotatable bonds is 5. The summed E-state index contributed by atoms with van der Waals surface area (Å²) in [6.07, 6.45) is 5.50. The lowest BCUT2D eigenvalue weighted by Crippen LogP contribution is -2.46. The molecule has 0 unspecified atom stereocenters. The maximum Gasteiger partial charge on any atom is 0.331 e. The summed E-state index contributed by atoms with van der Waals surface area (Å²) in [7, 11) is 0. The van der Waals surface area contributed by atoms with Crippen LogP contribution in [0.3, 0.4) is 0 Å². The average molecular weight is 351 g/mol. The Morgan fingerprint density at radius 1 is 1.42 bits per heavy atom. The number of nitrogens with zero attached hydrogens (tertiary/aromatic N) is 1. The van der Waals surface area contributed by atoms with E-state index < -0.39 is 29.8 Å². The second kappa shape index (κ2) is 7.93. The Bertz CT molecular complexity index is 706. The van der Waals surface area contributed by atoms with E-state index in [-0.39, 0.29) is 5.02 Å². The largest absolute Gasteiger partial charge is 0.452 e. The summed E-state index contributed by atoms with van der Waals surface area (Å²) in [5.41, 5.74) is -0.318. The van der Waals surface area contributed by atoms with Crippen LogP contribution in [-0.4, -0.2) is 24.0 Å². The lowest BCUT2D eigenvalue weighted by atomic mass is 10.00. The van der Waals surface area contributed by atoms with Crippen molar-refractivity contribution < 1.29 is 18.7 Å². The Kier molecular flexibility index (Phi) is 5.93. The summed E-state index contributed by atoms with van der Waals surface area (Å²) in [5, 5.41) is 11.7. The molecule has 0 heterocycles. The van der Waals surface area contributed by atoms with Gasteiger partial charge in [-0.1, -0.05) is 17.7 Å². The number of benzene rings is 1. The van der Waals surface area contributed by atoms with Gasteiger partial charge < -0.3 is 10.1 Å². The molecule has 24 heavy (non-hydrogen) atoms. The molecular weight excluding hydrogens is 335 g/mol. The van der Waals surface area contributed by atoms with Crippen molar-refractivity contribution in [2.75, 3.05) is 6.61 Å². The lowest BCUT2D eigenvalue weighted by Gasteiger charge is -2.21. The van der Waals surface area contributed by atoms with Gasteiger partial charge in [-0.2, -0.15) is 5.26 Å². The number of nitrogens with one attached hydrogen (secondary N) is 1. The van der Waals surface area contributed by atoms with Gasteiger partial charge in [0.25, 0.3) is 5.91 Å². The van der Waals surface area contributed by atoms with E-state index in [4.69, 9.17) is 16.3 Å². The molecule has 0 aliphatic heterocycles. The number of ether oxygens (including phenoxy) is 1. The third kappa shape index (κ3) is 4.80. The van der Waals surface area contributed by atoms with Gasteiger partial charge in [-0.15, -0.1) is 0 Å². The van der Waals surface area contributed by atoms with Crippen molar-refractivity contribution >= 4 is 29.6 Å². The molecule has 1 aromatic rings. The molecule has 1 saturated carbocycles. The Balaban J connectivity index is 1.82. The molecule has 1 aliphatic carbocycles. The molecule has 0 saturated heterocycles. The highest BCUT2D eigenvalue weighted by molar-refractivity contribution is 6.30. The minimum absolute atomic E-state index is 0.0525. The maximum atomic E-state index is 13.0. The summed E-state index contributed by atoms with van der Waals surface area (Å²) < 4.78 is 17.8. The van der Waals surface area contributed by atoms with Crippen LogP contribution in [-0.2, 0) is 14.3 Å². The van der Waals surface area contributed by atoms with E-state index in [2.05, 4.69) is 11.4 Å². The van der Waals surface area contributed by atoms with Gasteiger partial charge in [-0.25, -0.2) is 9.18 Å². The SMILES string of the molecule is N#CC1(NC(=O)COC(=O)/C=C/c2ccc(F)c(Cl)c2)CCCC1. The molecule has 0 atom stereocenters. The van der Waals surface area contributed by atoms with E-state index in [1.807, 2.05) is 0 Å². The molecule has 7 heteroatoms. The van der Waals surface area contributed by atoms with Gasteiger partial charge in [0.15, 0.2) is 6.61 Å². The van der Waals surface area contributed by atoms with Crippen LogP contribution in [0.15, 0.2) is 24.3 Å². The molecule has 0 aromatic heterocycles. The highest BCUT2D eigenvalue weighted by Gasteiger charge is 2.35. The first kappa shape index (κ1) is 18.0. The summed E-state index contributed by atoms with van der Waals surface area (Å²) in [6, 6.07) is 6.13. The van der Waals surface area contributed by atoms with Crippen LogP contribution in [0, 0.1) is 17.1 Å². The van der Waals surface area contributed by atoms with Crippen LogP contribution in [0.25, 0.3) is 6.08 Å². The summed E-state index contributed by atoms with van der Waals surface area (Å²) >= 11 is 5.64. The van der Waals surface area contributed by atoms with Gasteiger partial charge in [0.05, 0.1) is 11.1 Å². The van der Waals surface area contributed by atoms with E-state index in [1.165, 1.54) is 24.3 Å². The van der Waals surface area contributed by atoms with Crippen LogP contribution in [0.2, 0.25) is 5.02 Å². The minimum Gasteiger partial charge on any atom is -0.452 e. The first-order valence-electron chi connectivity index (χ1n) is 7.46. The monoisotopic (exact) mass is 350 g/mol. The predicted octanol–water partition coefficient (Wildman–Crippen LogP) is 2.99. The highest BCUT2D eigenvalue weighted by atomic mass is 35.5. The minimum atomic E-state index is -0.843. The Morgan fingerprint density at radius 2 is 2.12 bits per heavy atom. The second-order valence-corrected chi connectivity index (χ2v) is 5.97. The van der Waals surface area contributed by atoms with Gasteiger partial charge in [0.2, 0.25) is 0 Å². The number of halogens is 2. The molecule has 5 nitrogen and oxygen atoms in total. The fraction of sp³-hybridized carbons (Fsp3) is 0.353. The molecule has 0 radical (unpaired) electrons. The lowest BCUT2D eigenvalue weighted by molar-refractivity contribution is -0.144. The normalized spacial score (nSPS) is 15.9. The standard InChI is InChI=1S/C17H16ClFN2O3/c18-13-9-12(3-5-14(13)19)4-6-16(23)24-10-15(22)21-17(11-20)7-1-2-8-17/h3-6,9H,1-2,7-8,10H2,(H,21,22)/b6-4+. The smallest absolute Gasteiger partial charge is 0.331 e. The van der Waals surface area contributed by atoms with Crippen molar-refractivity contribution in [2.45, 2.75) is 31.2 Å². The predicted molar refractivity (Wildman–Crippen MR) is 86.4 cm³/mol. The summed E-state index contributed by atoms with van der Waals surface area (Å²) in [5.74, 6) is -1.78. The molecule has 0 bridgehead atoms. The molecule has 1 aliphatic rings. The molecule has 1 aromatic carbocycles. The van der Waals surface area contributed by atoms with Crippen molar-refractivity contribution in [1.82, 2.24) is 5.32 Å². The van der Waals surface area contributed by atoms with Crippen molar-refractivity contribution in [3.63, 3.8) is 0 Å². The Morgan fingerprint density at radius 3 is 2.75 bits per heavy atom. The van der Waals surface area contributed by atoms with Crippen molar-refractivity contribution in [3.8, 4) is 6.07 Å². The van der Waals surface area contributed by atoms with Gasteiger partial charge in [0.1, 0.15) is 11.4 Å². The number of esters is 1. The first-order chi connectivity index (χ1) is 11.4. The topological polar surface area (TPSA) is 79.2 Å². The average Bonchev–Trinajstić information content (AvgIpc) is 3.03. The molecule has 1 fully saturated rings. The number of carbonyl (C=O) groups is 2. The fourth-order valence-corrected chi connectivity index (χ4v) is 2.70. The summed E-state index contributed by atoms with van der Waals surface area (Å²) in [6.45, 7) is -0.462. The van der Waals surface area contributed by atoms with Crippen molar-refractivity contribution in [1.29, 1.82) is 5.26 Å². The van der Waals surface area contributed by atoms with Crippen molar-refractivity contribution in [3.05, 3.63) is 40.7 Å². The molecule has 0 spiro atoms. The second-order valence-electron chi connectivity index (χ2n) is 5.56. The zero-order chi connectivity index (χ0) is 17.6. The van der Waals surface area contributed by atoms with Crippen LogP contribution < -0.4 is 5.32 Å². The third-order valence-electron chi connectivity index (χ3n) is 3.75. The highest BCUT2D eigenvalue weighted by Crippen LogP contribution is 2.28. The van der Waals surface area contributed by atoms with Gasteiger partial charge in [-0.3, -0.25) is 4.79 Å². The number of hydrogen-bond donors (Lipinski definition) is 1. The molecule has 1 N–H and O–H groups in total. The van der Waals surface area contributed by atoms with E-state index in [1.54, 1.807) is 0 Å².